The minimum absolute atomic E-state index is 0.509. The highest BCUT2D eigenvalue weighted by molar-refractivity contribution is 7.98. The van der Waals surface area contributed by atoms with Gasteiger partial charge in [-0.15, -0.1) is 11.8 Å². The molecule has 2 N–H and O–H groups in total. The van der Waals surface area contributed by atoms with Crippen LogP contribution in [0, 0.1) is 11.3 Å². The van der Waals surface area contributed by atoms with E-state index < -0.39 is 0 Å². The summed E-state index contributed by atoms with van der Waals surface area (Å²) in [5.74, 6) is 0. The van der Waals surface area contributed by atoms with Crippen LogP contribution in [0.3, 0.4) is 0 Å². The molecule has 13 heavy (non-hydrogen) atoms. The third-order valence-electron chi connectivity index (χ3n) is 1.64. The van der Waals surface area contributed by atoms with Gasteiger partial charge in [0.25, 0.3) is 0 Å². The van der Waals surface area contributed by atoms with Gasteiger partial charge >= 0.3 is 0 Å². The number of nitrogens with two attached hydrogens (primary N) is 1. The van der Waals surface area contributed by atoms with Gasteiger partial charge in [-0.05, 0) is 24.0 Å². The quantitative estimate of drug-likeness (QED) is 0.574. The standard InChI is InChI=1S/C10H10N2S/c1-13-9-4-2-8(3-5-9)10(12)6-7-11/h2-6H,12H2,1H3/b10-6+. The first-order valence-electron chi connectivity index (χ1n) is 3.77. The van der Waals surface area contributed by atoms with Gasteiger partial charge in [0.05, 0.1) is 6.07 Å². The lowest BCUT2D eigenvalue weighted by atomic mass is 10.1. The van der Waals surface area contributed by atoms with Crippen molar-refractivity contribution in [1.29, 1.82) is 5.26 Å². The van der Waals surface area contributed by atoms with E-state index in [1.165, 1.54) is 11.0 Å². The molecule has 3 heteroatoms. The third-order valence-corrected chi connectivity index (χ3v) is 2.39. The van der Waals surface area contributed by atoms with Crippen molar-refractivity contribution in [2.45, 2.75) is 4.90 Å². The van der Waals surface area contributed by atoms with Crippen LogP contribution in [0.4, 0.5) is 0 Å². The van der Waals surface area contributed by atoms with Crippen LogP contribution < -0.4 is 5.73 Å². The molecule has 0 fully saturated rings. The first-order valence-corrected chi connectivity index (χ1v) is 5.00. The summed E-state index contributed by atoms with van der Waals surface area (Å²) >= 11 is 1.68. The van der Waals surface area contributed by atoms with E-state index in [1.54, 1.807) is 11.8 Å². The van der Waals surface area contributed by atoms with E-state index in [4.69, 9.17) is 11.0 Å². The van der Waals surface area contributed by atoms with Crippen LogP contribution in [-0.2, 0) is 0 Å². The van der Waals surface area contributed by atoms with Crippen LogP contribution in [0.1, 0.15) is 5.56 Å². The second-order valence-electron chi connectivity index (χ2n) is 2.46. The van der Waals surface area contributed by atoms with Crippen molar-refractivity contribution in [2.24, 2.45) is 5.73 Å². The van der Waals surface area contributed by atoms with Gasteiger partial charge in [0, 0.05) is 16.7 Å². The van der Waals surface area contributed by atoms with E-state index in [0.717, 1.165) is 5.56 Å². The largest absolute Gasteiger partial charge is 0.398 e. The van der Waals surface area contributed by atoms with Crippen LogP contribution in [0.2, 0.25) is 0 Å². The average Bonchev–Trinajstić information content (AvgIpc) is 2.18. The predicted molar refractivity (Wildman–Crippen MR) is 56.0 cm³/mol. The van der Waals surface area contributed by atoms with Crippen LogP contribution in [-0.4, -0.2) is 6.26 Å². The number of thioether (sulfide) groups is 1. The first-order chi connectivity index (χ1) is 6.27. The molecule has 0 saturated carbocycles. The average molecular weight is 190 g/mol. The highest BCUT2D eigenvalue weighted by Crippen LogP contribution is 2.17. The highest BCUT2D eigenvalue weighted by atomic mass is 32.2. The Labute approximate surface area is 82.1 Å². The summed E-state index contributed by atoms with van der Waals surface area (Å²) in [5.41, 5.74) is 7.03. The van der Waals surface area contributed by atoms with Crippen LogP contribution in [0.25, 0.3) is 5.70 Å². The maximum absolute atomic E-state index is 8.39. The van der Waals surface area contributed by atoms with Crippen molar-refractivity contribution in [3.05, 3.63) is 35.9 Å². The second-order valence-corrected chi connectivity index (χ2v) is 3.34. The van der Waals surface area contributed by atoms with Crippen molar-refractivity contribution < 1.29 is 0 Å². The van der Waals surface area contributed by atoms with Crippen LogP contribution in [0.5, 0.6) is 0 Å². The molecule has 0 spiro atoms. The van der Waals surface area contributed by atoms with E-state index in [2.05, 4.69) is 0 Å². The molecule has 0 unspecified atom stereocenters. The SMILES string of the molecule is CSc1ccc(/C(N)=C\C#N)cc1. The molecule has 0 heterocycles. The van der Waals surface area contributed by atoms with E-state index in [1.807, 2.05) is 36.6 Å². The molecule has 0 aliphatic carbocycles. The minimum atomic E-state index is 0.509. The Balaban J connectivity index is 2.94. The normalized spacial score (nSPS) is 10.9. The summed E-state index contributed by atoms with van der Waals surface area (Å²) in [6.45, 7) is 0. The van der Waals surface area contributed by atoms with Gasteiger partial charge < -0.3 is 5.73 Å². The van der Waals surface area contributed by atoms with Crippen molar-refractivity contribution in [3.8, 4) is 6.07 Å². The molecule has 2 nitrogen and oxygen atoms in total. The Bertz CT molecular complexity index is 346. The molecule has 0 aromatic heterocycles. The Morgan fingerprint density at radius 2 is 2.08 bits per heavy atom. The van der Waals surface area contributed by atoms with Gasteiger partial charge in [-0.25, -0.2) is 0 Å². The summed E-state index contributed by atoms with van der Waals surface area (Å²) in [6.07, 6.45) is 3.36. The monoisotopic (exact) mass is 190 g/mol. The molecule has 0 radical (unpaired) electrons. The summed E-state index contributed by atoms with van der Waals surface area (Å²) in [4.78, 5) is 1.19. The Hall–Kier alpha value is -1.40. The van der Waals surface area contributed by atoms with Gasteiger partial charge in [-0.1, -0.05) is 12.1 Å². The molecule has 0 bridgehead atoms. The van der Waals surface area contributed by atoms with E-state index in [-0.39, 0.29) is 0 Å². The van der Waals surface area contributed by atoms with Crippen LogP contribution >= 0.6 is 11.8 Å². The van der Waals surface area contributed by atoms with Gasteiger partial charge in [-0.2, -0.15) is 5.26 Å². The van der Waals surface area contributed by atoms with E-state index in [9.17, 15) is 0 Å². The zero-order chi connectivity index (χ0) is 9.68. The number of rotatable bonds is 2. The van der Waals surface area contributed by atoms with Gasteiger partial charge in [0.15, 0.2) is 0 Å². The fraction of sp³-hybridized carbons (Fsp3) is 0.100. The number of hydrogen-bond donors (Lipinski definition) is 1. The van der Waals surface area contributed by atoms with E-state index >= 15 is 0 Å². The third kappa shape index (κ3) is 2.53. The van der Waals surface area contributed by atoms with Gasteiger partial charge in [0.2, 0.25) is 0 Å². The molecule has 1 aromatic carbocycles. The van der Waals surface area contributed by atoms with Crippen LogP contribution in [0.15, 0.2) is 35.2 Å². The molecule has 0 aliphatic heterocycles. The lowest BCUT2D eigenvalue weighted by Gasteiger charge is -2.00. The van der Waals surface area contributed by atoms with Crippen molar-refractivity contribution in [3.63, 3.8) is 0 Å². The highest BCUT2D eigenvalue weighted by Gasteiger charge is 1.95. The molecule has 1 aromatic rings. The Morgan fingerprint density at radius 1 is 1.46 bits per heavy atom. The zero-order valence-corrected chi connectivity index (χ0v) is 8.14. The summed E-state index contributed by atoms with van der Waals surface area (Å²) in [7, 11) is 0. The fourth-order valence-corrected chi connectivity index (χ4v) is 1.34. The first kappa shape index (κ1) is 9.69. The Morgan fingerprint density at radius 3 is 2.54 bits per heavy atom. The molecule has 0 saturated heterocycles. The number of benzene rings is 1. The maximum Gasteiger partial charge on any atom is 0.0933 e. The predicted octanol–water partition coefficient (Wildman–Crippen LogP) is 2.23. The number of nitriles is 1. The lowest BCUT2D eigenvalue weighted by molar-refractivity contribution is 1.41. The molecule has 0 amide bonds. The Kier molecular flexibility index (Phi) is 3.41. The van der Waals surface area contributed by atoms with Gasteiger partial charge in [0.1, 0.15) is 0 Å². The number of nitrogens with zero attached hydrogens (tertiary/aromatic N) is 1. The lowest BCUT2D eigenvalue weighted by Crippen LogP contribution is -1.94. The molecule has 1 rings (SSSR count). The fourth-order valence-electron chi connectivity index (χ4n) is 0.936. The van der Waals surface area contributed by atoms with Gasteiger partial charge in [-0.3, -0.25) is 0 Å². The number of hydrogen-bond acceptors (Lipinski definition) is 3. The molecular formula is C10H10N2S. The van der Waals surface area contributed by atoms with E-state index in [0.29, 0.717) is 5.70 Å². The number of allylic oxidation sites excluding steroid dienone is 1. The summed E-state index contributed by atoms with van der Waals surface area (Å²) in [6, 6.07) is 9.69. The van der Waals surface area contributed by atoms with Crippen molar-refractivity contribution >= 4 is 17.5 Å². The molecule has 0 aliphatic rings. The molecular weight excluding hydrogens is 180 g/mol. The zero-order valence-electron chi connectivity index (χ0n) is 7.32. The maximum atomic E-state index is 8.39. The summed E-state index contributed by atoms with van der Waals surface area (Å²) in [5, 5.41) is 8.39. The smallest absolute Gasteiger partial charge is 0.0933 e. The molecule has 0 atom stereocenters. The molecule has 66 valence electrons. The topological polar surface area (TPSA) is 49.8 Å². The van der Waals surface area contributed by atoms with Crippen molar-refractivity contribution in [2.75, 3.05) is 6.26 Å². The minimum Gasteiger partial charge on any atom is -0.398 e. The van der Waals surface area contributed by atoms with Crippen molar-refractivity contribution in [1.82, 2.24) is 0 Å². The second kappa shape index (κ2) is 4.58. The summed E-state index contributed by atoms with van der Waals surface area (Å²) < 4.78 is 0.